The quantitative estimate of drug-likeness (QED) is 0.456. The number of halogens is 1. The van der Waals surface area contributed by atoms with Crippen LogP contribution < -0.4 is 21.5 Å². The van der Waals surface area contributed by atoms with Crippen molar-refractivity contribution in [3.63, 3.8) is 0 Å². The molecule has 1 aromatic heterocycles. The lowest BCUT2D eigenvalue weighted by Crippen LogP contribution is -3.00. The van der Waals surface area contributed by atoms with Crippen LogP contribution in [0.5, 0.6) is 0 Å². The number of unbranched alkanes of at least 4 members (excludes halogenated alkanes) is 1. The number of ether oxygens (including phenoxy) is 1. The molecule has 0 aliphatic carbocycles. The summed E-state index contributed by atoms with van der Waals surface area (Å²) in [5.41, 5.74) is 1.22. The zero-order valence-corrected chi connectivity index (χ0v) is 13.8. The second-order valence-corrected chi connectivity index (χ2v) is 4.60. The van der Waals surface area contributed by atoms with Crippen molar-refractivity contribution in [1.82, 2.24) is 4.57 Å². The Morgan fingerprint density at radius 1 is 1.37 bits per heavy atom. The molecule has 5 heteroatoms. The molecule has 1 aromatic rings. The first-order valence-electron chi connectivity index (χ1n) is 6.86. The molecule has 4 nitrogen and oxygen atoms in total. The molecule has 0 aliphatic heterocycles. The lowest BCUT2D eigenvalue weighted by atomic mass is 10.2. The number of aryl methyl sites for hydroxylation is 3. The monoisotopic (exact) mass is 332 g/mol. The van der Waals surface area contributed by atoms with Crippen molar-refractivity contribution in [2.45, 2.75) is 59.0 Å². The number of aromatic nitrogens is 2. The third-order valence-corrected chi connectivity index (χ3v) is 3.02. The summed E-state index contributed by atoms with van der Waals surface area (Å²) in [6, 6.07) is 0. The fourth-order valence-corrected chi connectivity index (χ4v) is 2.00. The fourth-order valence-electron chi connectivity index (χ4n) is 2.00. The van der Waals surface area contributed by atoms with Crippen molar-refractivity contribution >= 4 is 5.97 Å². The van der Waals surface area contributed by atoms with E-state index in [1.807, 2.05) is 0 Å². The Labute approximate surface area is 126 Å². The predicted molar refractivity (Wildman–Crippen MR) is 70.2 cm³/mol. The van der Waals surface area contributed by atoms with Gasteiger partial charge in [0.25, 0.3) is 0 Å². The standard InChI is InChI=1S/C14H25N2O2.BrH/c1-4-6-10-15-11-13(7-8-14(17)18-3)16(12-15)9-5-2;/h11-12H,4-10H2,1-3H3;1H/q+1;/p-1. The smallest absolute Gasteiger partial charge is 0.305 e. The molecular formula is C14H25BrN2O2. The highest BCUT2D eigenvalue weighted by molar-refractivity contribution is 5.69. The predicted octanol–water partition coefficient (Wildman–Crippen LogP) is -0.905. The normalized spacial score (nSPS) is 10.1. The van der Waals surface area contributed by atoms with Crippen molar-refractivity contribution in [3.05, 3.63) is 18.2 Å². The van der Waals surface area contributed by atoms with Crippen LogP contribution >= 0.6 is 0 Å². The Hall–Kier alpha value is -0.840. The zero-order chi connectivity index (χ0) is 13.4. The number of imidazole rings is 1. The number of carbonyl (C=O) groups excluding carboxylic acids is 1. The number of carbonyl (C=O) groups is 1. The molecule has 19 heavy (non-hydrogen) atoms. The largest absolute Gasteiger partial charge is 1.00 e. The van der Waals surface area contributed by atoms with Crippen LogP contribution in [0.2, 0.25) is 0 Å². The number of hydrogen-bond acceptors (Lipinski definition) is 2. The lowest BCUT2D eigenvalue weighted by Gasteiger charge is -1.99. The maximum atomic E-state index is 11.2. The molecule has 0 radical (unpaired) electrons. The van der Waals surface area contributed by atoms with E-state index in [0.29, 0.717) is 6.42 Å². The average molecular weight is 333 g/mol. The van der Waals surface area contributed by atoms with Crippen LogP contribution in [0.1, 0.15) is 45.2 Å². The van der Waals surface area contributed by atoms with E-state index in [0.717, 1.165) is 25.9 Å². The summed E-state index contributed by atoms with van der Waals surface area (Å²) in [4.78, 5) is 11.2. The van der Waals surface area contributed by atoms with Crippen molar-refractivity contribution in [1.29, 1.82) is 0 Å². The molecule has 0 N–H and O–H groups in total. The molecule has 0 atom stereocenters. The Balaban J connectivity index is 0.00000324. The molecule has 0 spiro atoms. The van der Waals surface area contributed by atoms with Crippen molar-refractivity contribution in [3.8, 4) is 0 Å². The van der Waals surface area contributed by atoms with Gasteiger partial charge < -0.3 is 21.7 Å². The second-order valence-electron chi connectivity index (χ2n) is 4.60. The lowest BCUT2D eigenvalue weighted by molar-refractivity contribution is -0.697. The minimum atomic E-state index is -0.139. The minimum Gasteiger partial charge on any atom is -1.00 e. The van der Waals surface area contributed by atoms with Gasteiger partial charge in [-0.3, -0.25) is 4.79 Å². The number of methoxy groups -OCH3 is 1. The highest BCUT2D eigenvalue weighted by atomic mass is 79.9. The van der Waals surface area contributed by atoms with E-state index in [1.165, 1.54) is 25.6 Å². The second kappa shape index (κ2) is 10.0. The summed E-state index contributed by atoms with van der Waals surface area (Å²) in [5.74, 6) is -0.139. The van der Waals surface area contributed by atoms with Crippen LogP contribution in [0.25, 0.3) is 0 Å². The Bertz CT molecular complexity index is 378. The van der Waals surface area contributed by atoms with Crippen LogP contribution in [-0.4, -0.2) is 17.6 Å². The first-order valence-corrected chi connectivity index (χ1v) is 6.86. The van der Waals surface area contributed by atoms with Gasteiger partial charge in [0.15, 0.2) is 0 Å². The van der Waals surface area contributed by atoms with Gasteiger partial charge in [-0.05, 0) is 12.8 Å². The molecule has 0 aliphatic rings. The summed E-state index contributed by atoms with van der Waals surface area (Å²) in [6.45, 7) is 6.43. The van der Waals surface area contributed by atoms with Crippen molar-refractivity contribution in [2.24, 2.45) is 0 Å². The Kier molecular flexibility index (Phi) is 9.57. The van der Waals surface area contributed by atoms with E-state index in [2.05, 4.69) is 40.2 Å². The minimum absolute atomic E-state index is 0. The van der Waals surface area contributed by atoms with Gasteiger partial charge in [0, 0.05) is 6.42 Å². The third kappa shape index (κ3) is 6.23. The molecular weight excluding hydrogens is 308 g/mol. The zero-order valence-electron chi connectivity index (χ0n) is 12.2. The highest BCUT2D eigenvalue weighted by Gasteiger charge is 2.14. The van der Waals surface area contributed by atoms with Crippen LogP contribution in [0.15, 0.2) is 12.5 Å². The molecule has 1 rings (SSSR count). The van der Waals surface area contributed by atoms with Crippen LogP contribution in [0.3, 0.4) is 0 Å². The first kappa shape index (κ1) is 18.2. The molecule has 110 valence electrons. The summed E-state index contributed by atoms with van der Waals surface area (Å²) < 4.78 is 9.17. The van der Waals surface area contributed by atoms with Crippen molar-refractivity contribution < 1.29 is 31.1 Å². The molecule has 0 amide bonds. The van der Waals surface area contributed by atoms with Gasteiger partial charge in [-0.2, -0.15) is 0 Å². The van der Waals surface area contributed by atoms with Crippen LogP contribution in [0.4, 0.5) is 0 Å². The molecule has 0 saturated heterocycles. The maximum Gasteiger partial charge on any atom is 0.305 e. The maximum absolute atomic E-state index is 11.2. The highest BCUT2D eigenvalue weighted by Crippen LogP contribution is 2.05. The van der Waals surface area contributed by atoms with Gasteiger partial charge in [-0.25, -0.2) is 9.13 Å². The molecule has 0 saturated carbocycles. The summed E-state index contributed by atoms with van der Waals surface area (Å²) in [7, 11) is 1.44. The van der Waals surface area contributed by atoms with E-state index >= 15 is 0 Å². The van der Waals surface area contributed by atoms with Gasteiger partial charge >= 0.3 is 5.97 Å². The first-order chi connectivity index (χ1) is 8.71. The summed E-state index contributed by atoms with van der Waals surface area (Å²) in [5, 5.41) is 0. The van der Waals surface area contributed by atoms with E-state index in [-0.39, 0.29) is 23.0 Å². The van der Waals surface area contributed by atoms with E-state index in [1.54, 1.807) is 0 Å². The summed E-state index contributed by atoms with van der Waals surface area (Å²) in [6.07, 6.45) is 9.03. The summed E-state index contributed by atoms with van der Waals surface area (Å²) >= 11 is 0. The fraction of sp³-hybridized carbons (Fsp3) is 0.714. The number of nitrogens with zero attached hydrogens (tertiary/aromatic N) is 2. The van der Waals surface area contributed by atoms with Crippen LogP contribution in [0, 0.1) is 0 Å². The average Bonchev–Trinajstić information content (AvgIpc) is 2.76. The molecule has 1 heterocycles. The number of rotatable bonds is 8. The van der Waals surface area contributed by atoms with E-state index in [4.69, 9.17) is 0 Å². The van der Waals surface area contributed by atoms with Crippen molar-refractivity contribution in [2.75, 3.05) is 7.11 Å². The van der Waals surface area contributed by atoms with Gasteiger partial charge in [0.1, 0.15) is 11.9 Å². The molecule has 0 fully saturated rings. The van der Waals surface area contributed by atoms with E-state index in [9.17, 15) is 4.79 Å². The molecule has 0 bridgehead atoms. The van der Waals surface area contributed by atoms with Gasteiger partial charge in [-0.15, -0.1) is 0 Å². The number of esters is 1. The van der Waals surface area contributed by atoms with Crippen LogP contribution in [-0.2, 0) is 29.0 Å². The topological polar surface area (TPSA) is 35.1 Å². The Morgan fingerprint density at radius 2 is 2.11 bits per heavy atom. The van der Waals surface area contributed by atoms with Gasteiger partial charge in [0.2, 0.25) is 6.33 Å². The molecule has 0 unspecified atom stereocenters. The molecule has 0 aromatic carbocycles. The van der Waals surface area contributed by atoms with E-state index < -0.39 is 0 Å². The number of hydrogen-bond donors (Lipinski definition) is 0. The third-order valence-electron chi connectivity index (χ3n) is 3.02. The van der Waals surface area contributed by atoms with Gasteiger partial charge in [-0.1, -0.05) is 20.3 Å². The SMILES string of the molecule is CCCC[n+]1cc(CCC(=O)OC)n(CCC)c1.[Br-]. The van der Waals surface area contributed by atoms with Gasteiger partial charge in [0.05, 0.1) is 26.6 Å². The Morgan fingerprint density at radius 3 is 2.68 bits per heavy atom.